The van der Waals surface area contributed by atoms with Crippen LogP contribution in [-0.2, 0) is 4.79 Å². The van der Waals surface area contributed by atoms with Gasteiger partial charge in [0.1, 0.15) is 0 Å². The molecule has 0 radical (unpaired) electrons. The van der Waals surface area contributed by atoms with Gasteiger partial charge in [-0.15, -0.1) is 0 Å². The van der Waals surface area contributed by atoms with Gasteiger partial charge >= 0.3 is 0 Å². The zero-order valence-electron chi connectivity index (χ0n) is 12.3. The fourth-order valence-corrected chi connectivity index (χ4v) is 2.56. The second-order valence-corrected chi connectivity index (χ2v) is 5.75. The van der Waals surface area contributed by atoms with E-state index >= 15 is 0 Å². The third-order valence-electron chi connectivity index (χ3n) is 3.44. The maximum Gasteiger partial charge on any atom is 0.236 e. The van der Waals surface area contributed by atoms with E-state index in [-0.39, 0.29) is 11.9 Å². The summed E-state index contributed by atoms with van der Waals surface area (Å²) in [5, 5.41) is 6.30. The standard InChI is InChI=1S/C14H29N3O/c1-5-15-14(18)12(4)16-13-6-8-17(9-7-13)10-11(2)3/h11-13,16H,5-10H2,1-4H3,(H,15,18). The molecule has 1 atom stereocenters. The van der Waals surface area contributed by atoms with Crippen molar-refractivity contribution in [1.82, 2.24) is 15.5 Å². The molecule has 1 unspecified atom stereocenters. The van der Waals surface area contributed by atoms with E-state index in [0.717, 1.165) is 31.8 Å². The summed E-state index contributed by atoms with van der Waals surface area (Å²) < 4.78 is 0. The zero-order valence-corrected chi connectivity index (χ0v) is 12.3. The van der Waals surface area contributed by atoms with E-state index in [1.807, 2.05) is 13.8 Å². The largest absolute Gasteiger partial charge is 0.355 e. The monoisotopic (exact) mass is 255 g/mol. The SMILES string of the molecule is CCNC(=O)C(C)NC1CCN(CC(C)C)CC1. The molecule has 0 aromatic rings. The van der Waals surface area contributed by atoms with Crippen LogP contribution >= 0.6 is 0 Å². The minimum absolute atomic E-state index is 0.0772. The Morgan fingerprint density at radius 2 is 1.89 bits per heavy atom. The van der Waals surface area contributed by atoms with E-state index in [4.69, 9.17) is 0 Å². The minimum Gasteiger partial charge on any atom is -0.355 e. The van der Waals surface area contributed by atoms with Gasteiger partial charge in [-0.25, -0.2) is 0 Å². The van der Waals surface area contributed by atoms with Crippen LogP contribution in [0.5, 0.6) is 0 Å². The van der Waals surface area contributed by atoms with Crippen LogP contribution in [0.1, 0.15) is 40.5 Å². The molecule has 18 heavy (non-hydrogen) atoms. The lowest BCUT2D eigenvalue weighted by molar-refractivity contribution is -0.122. The van der Waals surface area contributed by atoms with E-state index in [1.54, 1.807) is 0 Å². The molecule has 106 valence electrons. The van der Waals surface area contributed by atoms with Gasteiger partial charge < -0.3 is 15.5 Å². The third-order valence-corrected chi connectivity index (χ3v) is 3.44. The molecular weight excluding hydrogens is 226 g/mol. The van der Waals surface area contributed by atoms with Crippen molar-refractivity contribution in [3.05, 3.63) is 0 Å². The molecule has 1 amide bonds. The summed E-state index contributed by atoms with van der Waals surface area (Å²) in [6.07, 6.45) is 2.30. The Kier molecular flexibility index (Phi) is 6.65. The maximum atomic E-state index is 11.6. The second kappa shape index (κ2) is 7.74. The van der Waals surface area contributed by atoms with Gasteiger partial charge in [0.25, 0.3) is 0 Å². The quantitative estimate of drug-likeness (QED) is 0.750. The van der Waals surface area contributed by atoms with Crippen molar-refractivity contribution < 1.29 is 4.79 Å². The Hall–Kier alpha value is -0.610. The number of rotatable bonds is 6. The van der Waals surface area contributed by atoms with E-state index in [2.05, 4.69) is 29.4 Å². The summed E-state index contributed by atoms with van der Waals surface area (Å²) in [6.45, 7) is 12.6. The molecule has 0 aromatic heterocycles. The molecule has 0 aliphatic carbocycles. The number of hydrogen-bond donors (Lipinski definition) is 2. The van der Waals surface area contributed by atoms with Crippen molar-refractivity contribution >= 4 is 5.91 Å². The first-order chi connectivity index (χ1) is 8.52. The van der Waals surface area contributed by atoms with E-state index in [1.165, 1.54) is 6.54 Å². The lowest BCUT2D eigenvalue weighted by Crippen LogP contribution is -2.50. The number of likely N-dealkylation sites (tertiary alicyclic amines) is 1. The molecule has 0 aromatic carbocycles. The van der Waals surface area contributed by atoms with Gasteiger partial charge in [0.2, 0.25) is 5.91 Å². The van der Waals surface area contributed by atoms with Crippen LogP contribution < -0.4 is 10.6 Å². The van der Waals surface area contributed by atoms with Crippen LogP contribution in [0.4, 0.5) is 0 Å². The van der Waals surface area contributed by atoms with Crippen LogP contribution in [0.2, 0.25) is 0 Å². The van der Waals surface area contributed by atoms with Gasteiger partial charge in [0.15, 0.2) is 0 Å². The van der Waals surface area contributed by atoms with Crippen molar-refractivity contribution in [2.75, 3.05) is 26.2 Å². The summed E-state index contributed by atoms with van der Waals surface area (Å²) >= 11 is 0. The molecular formula is C14H29N3O. The van der Waals surface area contributed by atoms with Gasteiger partial charge in [-0.2, -0.15) is 0 Å². The third kappa shape index (κ3) is 5.36. The molecule has 0 bridgehead atoms. The predicted molar refractivity (Wildman–Crippen MR) is 75.6 cm³/mol. The highest BCUT2D eigenvalue weighted by Gasteiger charge is 2.22. The number of carbonyl (C=O) groups excluding carboxylic acids is 1. The molecule has 4 heteroatoms. The molecule has 1 heterocycles. The summed E-state index contributed by atoms with van der Waals surface area (Å²) in [5.74, 6) is 0.853. The van der Waals surface area contributed by atoms with Crippen molar-refractivity contribution in [3.63, 3.8) is 0 Å². The van der Waals surface area contributed by atoms with Crippen LogP contribution in [-0.4, -0.2) is 49.1 Å². The first kappa shape index (κ1) is 15.4. The average Bonchev–Trinajstić information content (AvgIpc) is 2.31. The zero-order chi connectivity index (χ0) is 13.5. The number of amides is 1. The molecule has 1 fully saturated rings. The van der Waals surface area contributed by atoms with Gasteiger partial charge in [-0.05, 0) is 45.7 Å². The van der Waals surface area contributed by atoms with E-state index < -0.39 is 0 Å². The van der Waals surface area contributed by atoms with Gasteiger partial charge in [-0.1, -0.05) is 13.8 Å². The van der Waals surface area contributed by atoms with Crippen LogP contribution in [0.15, 0.2) is 0 Å². The Labute approximate surface area is 111 Å². The maximum absolute atomic E-state index is 11.6. The Morgan fingerprint density at radius 3 is 2.39 bits per heavy atom. The molecule has 1 aliphatic rings. The number of nitrogens with one attached hydrogen (secondary N) is 2. The summed E-state index contributed by atoms with van der Waals surface area (Å²) in [5.41, 5.74) is 0. The van der Waals surface area contributed by atoms with Crippen molar-refractivity contribution in [1.29, 1.82) is 0 Å². The first-order valence-corrected chi connectivity index (χ1v) is 7.29. The Bertz CT molecular complexity index is 247. The summed E-state index contributed by atoms with van der Waals surface area (Å²) in [7, 11) is 0. The molecule has 1 aliphatic heterocycles. The van der Waals surface area contributed by atoms with Crippen LogP contribution in [0.25, 0.3) is 0 Å². The highest BCUT2D eigenvalue weighted by atomic mass is 16.2. The first-order valence-electron chi connectivity index (χ1n) is 7.29. The highest BCUT2D eigenvalue weighted by Crippen LogP contribution is 2.12. The summed E-state index contributed by atoms with van der Waals surface area (Å²) in [4.78, 5) is 14.2. The van der Waals surface area contributed by atoms with Crippen LogP contribution in [0.3, 0.4) is 0 Å². The number of carbonyl (C=O) groups is 1. The number of nitrogens with zero attached hydrogens (tertiary/aromatic N) is 1. The lowest BCUT2D eigenvalue weighted by Gasteiger charge is -2.34. The molecule has 1 rings (SSSR count). The summed E-state index contributed by atoms with van der Waals surface area (Å²) in [6, 6.07) is 0.414. The van der Waals surface area contributed by atoms with Gasteiger partial charge in [0, 0.05) is 19.1 Å². The fraction of sp³-hybridized carbons (Fsp3) is 0.929. The Morgan fingerprint density at radius 1 is 1.28 bits per heavy atom. The van der Waals surface area contributed by atoms with Crippen molar-refractivity contribution in [2.45, 2.75) is 52.6 Å². The Balaban J connectivity index is 2.24. The number of hydrogen-bond acceptors (Lipinski definition) is 3. The molecule has 0 saturated carbocycles. The number of piperidine rings is 1. The average molecular weight is 255 g/mol. The predicted octanol–water partition coefficient (Wildman–Crippen LogP) is 1.22. The normalized spacial score (nSPS) is 20.1. The topological polar surface area (TPSA) is 44.4 Å². The lowest BCUT2D eigenvalue weighted by atomic mass is 10.0. The molecule has 4 nitrogen and oxygen atoms in total. The molecule has 2 N–H and O–H groups in total. The van der Waals surface area contributed by atoms with E-state index in [0.29, 0.717) is 12.6 Å². The van der Waals surface area contributed by atoms with Gasteiger partial charge in [0.05, 0.1) is 6.04 Å². The van der Waals surface area contributed by atoms with E-state index in [9.17, 15) is 4.79 Å². The van der Waals surface area contributed by atoms with Crippen molar-refractivity contribution in [3.8, 4) is 0 Å². The minimum atomic E-state index is -0.0772. The smallest absolute Gasteiger partial charge is 0.236 e. The molecule has 0 spiro atoms. The van der Waals surface area contributed by atoms with Crippen LogP contribution in [0, 0.1) is 5.92 Å². The van der Waals surface area contributed by atoms with Crippen molar-refractivity contribution in [2.24, 2.45) is 5.92 Å². The fourth-order valence-electron chi connectivity index (χ4n) is 2.56. The van der Waals surface area contributed by atoms with Gasteiger partial charge in [-0.3, -0.25) is 4.79 Å². The second-order valence-electron chi connectivity index (χ2n) is 5.75. The highest BCUT2D eigenvalue weighted by molar-refractivity contribution is 5.81. The molecule has 1 saturated heterocycles. The number of likely N-dealkylation sites (N-methyl/N-ethyl adjacent to an activating group) is 1.